The summed E-state index contributed by atoms with van der Waals surface area (Å²) in [7, 11) is -7.41. The minimum atomic E-state index is -3.92. The third-order valence-corrected chi connectivity index (χ3v) is 6.47. The zero-order valence-electron chi connectivity index (χ0n) is 8.27. The first-order valence-electron chi connectivity index (χ1n) is 4.03. The first-order valence-corrected chi connectivity index (χ1v) is 8.11. The summed E-state index contributed by atoms with van der Waals surface area (Å²) in [6, 6.07) is 2.26. The lowest BCUT2D eigenvalue weighted by atomic mass is 10.5. The largest absolute Gasteiger partial charge is 0.295 e. The molecule has 0 aliphatic rings. The molecule has 0 aliphatic heterocycles. The highest BCUT2D eigenvalue weighted by atomic mass is 32.3. The second-order valence-electron chi connectivity index (χ2n) is 3.01. The molecule has 17 heavy (non-hydrogen) atoms. The zero-order valence-corrected chi connectivity index (χ0v) is 10.7. The van der Waals surface area contributed by atoms with Gasteiger partial charge in [-0.3, -0.25) is 18.7 Å². The van der Waals surface area contributed by atoms with Crippen LogP contribution in [0.5, 0.6) is 0 Å². The molecule has 0 aromatic carbocycles. The van der Waals surface area contributed by atoms with E-state index >= 15 is 0 Å². The highest BCUT2D eigenvalue weighted by molar-refractivity contribution is 8.26. The van der Waals surface area contributed by atoms with Gasteiger partial charge >= 0.3 is 0 Å². The number of hydrogen-bond donors (Lipinski definition) is 3. The molecule has 0 amide bonds. The van der Waals surface area contributed by atoms with E-state index in [0.29, 0.717) is 11.3 Å². The molecule has 1 aromatic rings. The number of ketones is 1. The lowest BCUT2D eigenvalue weighted by molar-refractivity contribution is -0.128. The van der Waals surface area contributed by atoms with E-state index in [-0.39, 0.29) is 14.7 Å². The number of rotatable bonds is 5. The summed E-state index contributed by atoms with van der Waals surface area (Å²) < 4.78 is 40.8. The van der Waals surface area contributed by atoms with Crippen LogP contribution < -0.4 is 5.14 Å². The van der Waals surface area contributed by atoms with Crippen LogP contribution in [0.4, 0.5) is 0 Å². The lowest BCUT2D eigenvalue weighted by Crippen LogP contribution is -2.13. The topological polar surface area (TPSA) is 135 Å². The Kier molecular flexibility index (Phi) is 4.06. The molecule has 0 bridgehead atoms. The van der Waals surface area contributed by atoms with Crippen molar-refractivity contribution in [1.29, 1.82) is 0 Å². The first kappa shape index (κ1) is 14.3. The number of Topliss-reactive ketones (excluding diaryl/α,β-unsaturated/α-hetero) is 1. The number of sulfonamides is 1. The summed E-state index contributed by atoms with van der Waals surface area (Å²) in [6.07, 6.45) is -0.0254. The van der Waals surface area contributed by atoms with Gasteiger partial charge in [0.25, 0.3) is 0 Å². The number of carbonyl (C=O) groups excluding carboxylic acids is 2. The van der Waals surface area contributed by atoms with Crippen molar-refractivity contribution in [3.8, 4) is 0 Å². The Morgan fingerprint density at radius 3 is 2.29 bits per heavy atom. The van der Waals surface area contributed by atoms with Crippen LogP contribution in [0.2, 0.25) is 0 Å². The predicted octanol–water partition coefficient (Wildman–Crippen LogP) is 0.273. The second-order valence-corrected chi connectivity index (χ2v) is 8.21. The molecule has 0 fully saturated rings. The fourth-order valence-corrected chi connectivity index (χ4v) is 4.43. The molecule has 0 atom stereocenters. The van der Waals surface area contributed by atoms with E-state index in [2.05, 4.69) is 0 Å². The van der Waals surface area contributed by atoms with Gasteiger partial charge in [0, 0.05) is 0 Å². The fraction of sp³-hybridized carbons (Fsp3) is 0.143. The number of hydrogen-bond acceptors (Lipinski definition) is 7. The Morgan fingerprint density at radius 2 is 1.88 bits per heavy atom. The van der Waals surface area contributed by atoms with Crippen LogP contribution in [0.1, 0.15) is 0 Å². The normalized spacial score (nSPS) is 13.4. The molecule has 96 valence electrons. The monoisotopic (exact) mass is 299 g/mol. The minimum absolute atomic E-state index is 0.0254. The number of carbonyl (C=O) groups is 2. The van der Waals surface area contributed by atoms with Crippen LogP contribution in [0.15, 0.2) is 20.6 Å². The Hall–Kier alpha value is -0.780. The maximum atomic E-state index is 11.0. The SMILES string of the molecule is NS(=O)(=O)c1ccc(S(O)(O)CC(=O)C=O)s1. The van der Waals surface area contributed by atoms with Crippen LogP contribution >= 0.6 is 21.9 Å². The van der Waals surface area contributed by atoms with Gasteiger partial charge in [-0.05, 0) is 12.1 Å². The molecule has 0 unspecified atom stereocenters. The van der Waals surface area contributed by atoms with Crippen LogP contribution in [-0.4, -0.2) is 35.3 Å². The van der Waals surface area contributed by atoms with Crippen molar-refractivity contribution < 1.29 is 27.1 Å². The molecule has 0 saturated carbocycles. The van der Waals surface area contributed by atoms with Gasteiger partial charge < -0.3 is 0 Å². The molecular weight excluding hydrogens is 290 g/mol. The molecular formula is C7H9NO6S3. The van der Waals surface area contributed by atoms with E-state index in [1.807, 2.05) is 0 Å². The van der Waals surface area contributed by atoms with E-state index in [0.717, 1.165) is 12.1 Å². The smallest absolute Gasteiger partial charge is 0.247 e. The van der Waals surface area contributed by atoms with Gasteiger partial charge in [0.1, 0.15) is 14.2 Å². The standard InChI is InChI=1S/C7H9NO6S3/c8-17(13,14)7-2-1-6(15-7)16(11,12)4-5(10)3-9/h1-3,11-12H,4H2,(H2,8,13,14). The summed E-state index contributed by atoms with van der Waals surface area (Å²) >= 11 is 0.555. The van der Waals surface area contributed by atoms with Gasteiger partial charge in [-0.1, -0.05) is 0 Å². The molecule has 4 N–H and O–H groups in total. The van der Waals surface area contributed by atoms with Gasteiger partial charge in [0.15, 0.2) is 6.29 Å². The van der Waals surface area contributed by atoms with E-state index in [1.54, 1.807) is 0 Å². The van der Waals surface area contributed by atoms with Crippen LogP contribution in [-0.2, 0) is 19.6 Å². The Bertz CT molecular complexity index is 546. The summed E-state index contributed by atoms with van der Waals surface area (Å²) in [4.78, 5) is 20.9. The fourth-order valence-electron chi connectivity index (χ4n) is 0.935. The van der Waals surface area contributed by atoms with Gasteiger partial charge in [0.05, 0.1) is 0 Å². The lowest BCUT2D eigenvalue weighted by Gasteiger charge is -2.28. The average Bonchev–Trinajstić information content (AvgIpc) is 2.65. The van der Waals surface area contributed by atoms with Crippen LogP contribution in [0, 0.1) is 0 Å². The molecule has 0 radical (unpaired) electrons. The molecule has 1 rings (SSSR count). The molecule has 1 heterocycles. The number of thiophene rings is 1. The second kappa shape index (κ2) is 4.84. The van der Waals surface area contributed by atoms with Gasteiger partial charge in [0.2, 0.25) is 15.8 Å². The molecule has 0 aliphatic carbocycles. The third-order valence-electron chi connectivity index (χ3n) is 1.63. The van der Waals surface area contributed by atoms with Crippen molar-refractivity contribution in [2.24, 2.45) is 5.14 Å². The number of nitrogens with two attached hydrogens (primary N) is 1. The Labute approximate surface area is 103 Å². The average molecular weight is 299 g/mol. The van der Waals surface area contributed by atoms with Crippen molar-refractivity contribution in [3.63, 3.8) is 0 Å². The van der Waals surface area contributed by atoms with Crippen molar-refractivity contribution in [1.82, 2.24) is 0 Å². The zero-order chi connectivity index (χ0) is 13.3. The number of aldehydes is 1. The van der Waals surface area contributed by atoms with Gasteiger partial charge in [-0.15, -0.1) is 11.3 Å². The van der Waals surface area contributed by atoms with Crippen LogP contribution in [0.25, 0.3) is 0 Å². The molecule has 0 saturated heterocycles. The molecule has 0 spiro atoms. The molecule has 10 heteroatoms. The van der Waals surface area contributed by atoms with E-state index in [1.165, 1.54) is 0 Å². The summed E-state index contributed by atoms with van der Waals surface area (Å²) in [5.41, 5.74) is 0. The quantitative estimate of drug-likeness (QED) is 0.527. The molecule has 1 aromatic heterocycles. The van der Waals surface area contributed by atoms with Gasteiger partial charge in [-0.2, -0.15) is 10.6 Å². The van der Waals surface area contributed by atoms with Crippen molar-refractivity contribution in [2.75, 3.05) is 5.75 Å². The van der Waals surface area contributed by atoms with Crippen molar-refractivity contribution in [2.45, 2.75) is 8.42 Å². The summed E-state index contributed by atoms with van der Waals surface area (Å²) in [6.45, 7) is 0. The number of primary sulfonamides is 1. The maximum Gasteiger partial charge on any atom is 0.247 e. The predicted molar refractivity (Wildman–Crippen MR) is 62.7 cm³/mol. The summed E-state index contributed by atoms with van der Waals surface area (Å²) in [5.74, 6) is -1.74. The Morgan fingerprint density at radius 1 is 1.35 bits per heavy atom. The maximum absolute atomic E-state index is 11.0. The van der Waals surface area contributed by atoms with E-state index in [4.69, 9.17) is 5.14 Å². The first-order chi connectivity index (χ1) is 7.66. The van der Waals surface area contributed by atoms with Crippen molar-refractivity contribution in [3.05, 3.63) is 12.1 Å². The highest BCUT2D eigenvalue weighted by Crippen LogP contribution is 2.51. The van der Waals surface area contributed by atoms with Crippen LogP contribution in [0.3, 0.4) is 0 Å². The van der Waals surface area contributed by atoms with Gasteiger partial charge in [-0.25, -0.2) is 13.6 Å². The van der Waals surface area contributed by atoms with E-state index in [9.17, 15) is 27.1 Å². The van der Waals surface area contributed by atoms with E-state index < -0.39 is 32.1 Å². The Balaban J connectivity index is 3.04. The minimum Gasteiger partial charge on any atom is -0.295 e. The molecule has 7 nitrogen and oxygen atoms in total. The third kappa shape index (κ3) is 3.59. The van der Waals surface area contributed by atoms with Crippen molar-refractivity contribution >= 4 is 44.0 Å². The summed E-state index contributed by atoms with van der Waals surface area (Å²) in [5, 5.41) is 4.85. The highest BCUT2D eigenvalue weighted by Gasteiger charge is 2.23.